The highest BCUT2D eigenvalue weighted by molar-refractivity contribution is 6.27. The molecule has 1 saturated heterocycles. The van der Waals surface area contributed by atoms with Crippen LogP contribution >= 0.6 is 11.6 Å². The quantitative estimate of drug-likeness (QED) is 0.633. The summed E-state index contributed by atoms with van der Waals surface area (Å²) in [6.07, 6.45) is 1.08. The monoisotopic (exact) mass is 309 g/mol. The Balaban J connectivity index is 2.04. The smallest absolute Gasteiger partial charge is 0.322 e. The van der Waals surface area contributed by atoms with Crippen LogP contribution in [0.5, 0.6) is 0 Å². The fourth-order valence-electron chi connectivity index (χ4n) is 2.15. The summed E-state index contributed by atoms with van der Waals surface area (Å²) >= 11 is 5.36. The molecule has 112 valence electrons. The highest BCUT2D eigenvalue weighted by Gasteiger charge is 2.48. The van der Waals surface area contributed by atoms with E-state index in [1.807, 2.05) is 30.3 Å². The molecule has 4 amide bonds. The highest BCUT2D eigenvalue weighted by Crippen LogP contribution is 2.22. The number of nitrogens with zero attached hydrogens (tertiary/aromatic N) is 1. The molecule has 1 atom stereocenters. The maximum atomic E-state index is 12.3. The van der Waals surface area contributed by atoms with Gasteiger partial charge >= 0.3 is 6.03 Å². The number of halogens is 1. The van der Waals surface area contributed by atoms with Crippen LogP contribution in [0.1, 0.15) is 18.9 Å². The molecule has 1 aliphatic heterocycles. The van der Waals surface area contributed by atoms with Crippen molar-refractivity contribution in [1.82, 2.24) is 15.8 Å². The molecule has 0 saturated carbocycles. The van der Waals surface area contributed by atoms with Crippen molar-refractivity contribution in [3.05, 3.63) is 35.9 Å². The number of hydrazine groups is 1. The molecule has 1 aliphatic rings. The topological polar surface area (TPSA) is 78.5 Å². The van der Waals surface area contributed by atoms with Gasteiger partial charge in [0.1, 0.15) is 11.4 Å². The van der Waals surface area contributed by atoms with E-state index >= 15 is 0 Å². The lowest BCUT2D eigenvalue weighted by molar-refractivity contribution is -0.138. The third-order valence-electron chi connectivity index (χ3n) is 3.38. The van der Waals surface area contributed by atoms with Crippen LogP contribution in [0.2, 0.25) is 0 Å². The second-order valence-corrected chi connectivity index (χ2v) is 5.32. The summed E-state index contributed by atoms with van der Waals surface area (Å²) in [7, 11) is 0. The molecule has 0 radical (unpaired) electrons. The van der Waals surface area contributed by atoms with Crippen molar-refractivity contribution in [2.24, 2.45) is 0 Å². The zero-order chi connectivity index (χ0) is 15.5. The van der Waals surface area contributed by atoms with E-state index in [9.17, 15) is 14.4 Å². The van der Waals surface area contributed by atoms with Crippen LogP contribution in [0.4, 0.5) is 4.79 Å². The van der Waals surface area contributed by atoms with Crippen molar-refractivity contribution in [1.29, 1.82) is 0 Å². The van der Waals surface area contributed by atoms with E-state index in [2.05, 4.69) is 10.7 Å². The number of aryl methyl sites for hydroxylation is 1. The van der Waals surface area contributed by atoms with Gasteiger partial charge in [-0.25, -0.2) is 4.79 Å². The number of rotatable bonds is 5. The second-order valence-electron chi connectivity index (χ2n) is 5.06. The predicted octanol–water partition coefficient (Wildman–Crippen LogP) is 1.20. The molecular formula is C14H16ClN3O3. The average Bonchev–Trinajstić information content (AvgIpc) is 2.70. The SMILES string of the molecule is C[C@@]1(CCc2ccccc2)NC(=O)N(NC(=O)CCl)C1=O. The first-order valence-electron chi connectivity index (χ1n) is 6.52. The predicted molar refractivity (Wildman–Crippen MR) is 77.4 cm³/mol. The molecule has 0 aliphatic carbocycles. The standard InChI is InChI=1S/C14H16ClN3O3/c1-14(8-7-10-5-3-2-4-6-10)12(20)18(13(21)16-14)17-11(19)9-15/h2-6H,7-9H2,1H3,(H,16,21)(H,17,19)/t14-/m0/s1. The lowest BCUT2D eigenvalue weighted by atomic mass is 9.93. The van der Waals surface area contributed by atoms with Crippen LogP contribution in [-0.4, -0.2) is 34.3 Å². The molecule has 1 aromatic rings. The molecular weight excluding hydrogens is 294 g/mol. The van der Waals surface area contributed by atoms with Crippen molar-refractivity contribution < 1.29 is 14.4 Å². The van der Waals surface area contributed by atoms with E-state index in [1.165, 1.54) is 0 Å². The van der Waals surface area contributed by atoms with Crippen LogP contribution in [0.25, 0.3) is 0 Å². The lowest BCUT2D eigenvalue weighted by Gasteiger charge is -2.21. The molecule has 21 heavy (non-hydrogen) atoms. The summed E-state index contributed by atoms with van der Waals surface area (Å²) < 4.78 is 0. The van der Waals surface area contributed by atoms with E-state index in [0.717, 1.165) is 5.56 Å². The van der Waals surface area contributed by atoms with Crippen molar-refractivity contribution in [2.45, 2.75) is 25.3 Å². The molecule has 0 unspecified atom stereocenters. The van der Waals surface area contributed by atoms with Gasteiger partial charge in [-0.3, -0.25) is 15.0 Å². The highest BCUT2D eigenvalue weighted by atomic mass is 35.5. The number of amides is 4. The third kappa shape index (κ3) is 3.33. The first-order chi connectivity index (χ1) is 9.96. The van der Waals surface area contributed by atoms with Gasteiger partial charge in [0.05, 0.1) is 0 Å². The number of urea groups is 1. The van der Waals surface area contributed by atoms with Crippen molar-refractivity contribution in [2.75, 3.05) is 5.88 Å². The van der Waals surface area contributed by atoms with Gasteiger partial charge in [-0.2, -0.15) is 5.01 Å². The van der Waals surface area contributed by atoms with Crippen molar-refractivity contribution in [3.63, 3.8) is 0 Å². The molecule has 2 rings (SSSR count). The third-order valence-corrected chi connectivity index (χ3v) is 3.62. The Hall–Kier alpha value is -2.08. The van der Waals surface area contributed by atoms with E-state index in [0.29, 0.717) is 17.9 Å². The van der Waals surface area contributed by atoms with Crippen LogP contribution in [-0.2, 0) is 16.0 Å². The normalized spacial score (nSPS) is 21.3. The summed E-state index contributed by atoms with van der Waals surface area (Å²) in [5.41, 5.74) is 2.22. The fraction of sp³-hybridized carbons (Fsp3) is 0.357. The minimum Gasteiger partial charge on any atom is -0.322 e. The minimum absolute atomic E-state index is 0.322. The van der Waals surface area contributed by atoms with Gasteiger partial charge in [-0.15, -0.1) is 11.6 Å². The minimum atomic E-state index is -1.04. The summed E-state index contributed by atoms with van der Waals surface area (Å²) in [5, 5.41) is 3.30. The number of carbonyl (C=O) groups is 3. The first-order valence-corrected chi connectivity index (χ1v) is 7.06. The molecule has 0 bridgehead atoms. The van der Waals surface area contributed by atoms with Gasteiger partial charge in [0.25, 0.3) is 11.8 Å². The average molecular weight is 310 g/mol. The van der Waals surface area contributed by atoms with Gasteiger partial charge < -0.3 is 5.32 Å². The summed E-state index contributed by atoms with van der Waals surface area (Å²) in [6, 6.07) is 9.01. The number of benzene rings is 1. The van der Waals surface area contributed by atoms with E-state index in [4.69, 9.17) is 11.6 Å². The Labute approximate surface area is 127 Å². The molecule has 1 heterocycles. The van der Waals surface area contributed by atoms with Gasteiger partial charge in [0, 0.05) is 0 Å². The molecule has 2 N–H and O–H groups in total. The van der Waals surface area contributed by atoms with Crippen molar-refractivity contribution in [3.8, 4) is 0 Å². The number of hydrogen-bond acceptors (Lipinski definition) is 3. The zero-order valence-electron chi connectivity index (χ0n) is 11.6. The zero-order valence-corrected chi connectivity index (χ0v) is 12.3. The second kappa shape index (κ2) is 6.13. The number of carbonyl (C=O) groups excluding carboxylic acids is 3. The van der Waals surface area contributed by atoms with Gasteiger partial charge in [-0.05, 0) is 25.3 Å². The van der Waals surface area contributed by atoms with E-state index in [1.54, 1.807) is 6.92 Å². The molecule has 0 aromatic heterocycles. The van der Waals surface area contributed by atoms with Crippen LogP contribution in [0, 0.1) is 0 Å². The van der Waals surface area contributed by atoms with Crippen molar-refractivity contribution >= 4 is 29.4 Å². The number of alkyl halides is 1. The maximum absolute atomic E-state index is 12.3. The summed E-state index contributed by atoms with van der Waals surface area (Å²) in [6.45, 7) is 1.64. The van der Waals surface area contributed by atoms with E-state index < -0.39 is 23.4 Å². The Morgan fingerprint density at radius 2 is 2.00 bits per heavy atom. The molecule has 7 heteroatoms. The molecule has 0 spiro atoms. The summed E-state index contributed by atoms with van der Waals surface area (Å²) in [4.78, 5) is 35.3. The van der Waals surface area contributed by atoms with Crippen LogP contribution in [0.3, 0.4) is 0 Å². The maximum Gasteiger partial charge on any atom is 0.344 e. The van der Waals surface area contributed by atoms with Gasteiger partial charge in [-0.1, -0.05) is 30.3 Å². The number of imide groups is 1. The Kier molecular flexibility index (Phi) is 4.47. The van der Waals surface area contributed by atoms with Crippen LogP contribution < -0.4 is 10.7 Å². The van der Waals surface area contributed by atoms with Gasteiger partial charge in [0.2, 0.25) is 0 Å². The Bertz CT molecular complexity index is 564. The van der Waals surface area contributed by atoms with Gasteiger partial charge in [0.15, 0.2) is 0 Å². The largest absolute Gasteiger partial charge is 0.344 e. The number of nitrogens with one attached hydrogen (secondary N) is 2. The first kappa shape index (κ1) is 15.3. The molecule has 6 nitrogen and oxygen atoms in total. The van der Waals surface area contributed by atoms with Crippen LogP contribution in [0.15, 0.2) is 30.3 Å². The summed E-state index contributed by atoms with van der Waals surface area (Å²) in [5.74, 6) is -1.41. The Morgan fingerprint density at radius 1 is 1.33 bits per heavy atom. The Morgan fingerprint density at radius 3 is 2.62 bits per heavy atom. The lowest BCUT2D eigenvalue weighted by Crippen LogP contribution is -2.49. The fourth-order valence-corrected chi connectivity index (χ4v) is 2.21. The molecule has 1 aromatic carbocycles. The molecule has 1 fully saturated rings. The number of hydrogen-bond donors (Lipinski definition) is 2. The van der Waals surface area contributed by atoms with E-state index in [-0.39, 0.29) is 5.88 Å².